The molecule has 0 fully saturated rings. The molecule has 5 rings (SSSR count). The Morgan fingerprint density at radius 2 is 1.02 bits per heavy atom. The molecule has 5 aromatic rings. The second-order valence-corrected chi connectivity index (χ2v) is 11.6. The minimum absolute atomic E-state index is 0.705. The third-order valence-corrected chi connectivity index (χ3v) is 8.08. The van der Waals surface area contributed by atoms with Crippen LogP contribution in [0, 0.1) is 34.6 Å². The van der Waals surface area contributed by atoms with E-state index in [1.807, 2.05) is 61.2 Å². The third-order valence-electron chi connectivity index (χ3n) is 7.42. The van der Waals surface area contributed by atoms with E-state index in [1.54, 1.807) is 0 Å². The minimum Gasteiger partial charge on any atom is -0.261 e. The quantitative estimate of drug-likeness (QED) is 0.163. The van der Waals surface area contributed by atoms with Crippen LogP contribution in [-0.2, 0) is 12.8 Å². The molecule has 42 heavy (non-hydrogen) atoms. The van der Waals surface area contributed by atoms with Gasteiger partial charge < -0.3 is 0 Å². The minimum atomic E-state index is 0.705. The molecule has 0 spiro atoms. The number of hydrogen-bond acceptors (Lipinski definition) is 4. The predicted octanol–water partition coefficient (Wildman–Crippen LogP) is 10.0. The Bertz CT molecular complexity index is 1600. The summed E-state index contributed by atoms with van der Waals surface area (Å²) in [7, 11) is 0. The molecule has 2 aromatic heterocycles. The number of aliphatic imine (C=N–C) groups is 2. The molecular formula is C37H35BrN4. The van der Waals surface area contributed by atoms with Crippen LogP contribution < -0.4 is 0 Å². The summed E-state index contributed by atoms with van der Waals surface area (Å²) in [5.41, 5.74) is 14.7. The number of hydrogen-bond donors (Lipinski definition) is 0. The van der Waals surface area contributed by atoms with Crippen LogP contribution in [0.1, 0.15) is 39.2 Å². The molecule has 0 N–H and O–H groups in total. The van der Waals surface area contributed by atoms with E-state index in [2.05, 4.69) is 96.9 Å². The Morgan fingerprint density at radius 3 is 1.45 bits per heavy atom. The van der Waals surface area contributed by atoms with Crippen LogP contribution in [0.2, 0.25) is 0 Å². The van der Waals surface area contributed by atoms with Gasteiger partial charge in [-0.05, 0) is 134 Å². The van der Waals surface area contributed by atoms with E-state index in [4.69, 9.17) is 9.98 Å². The van der Waals surface area contributed by atoms with Gasteiger partial charge in [0.2, 0.25) is 0 Å². The molecule has 0 saturated heterocycles. The number of benzene rings is 3. The van der Waals surface area contributed by atoms with Crippen LogP contribution >= 0.6 is 15.9 Å². The van der Waals surface area contributed by atoms with Crippen LogP contribution in [0.15, 0.2) is 99.6 Å². The van der Waals surface area contributed by atoms with Gasteiger partial charge in [0.1, 0.15) is 0 Å². The summed E-state index contributed by atoms with van der Waals surface area (Å²) in [5.74, 6) is 0. The van der Waals surface area contributed by atoms with Crippen molar-refractivity contribution in [1.29, 1.82) is 0 Å². The zero-order chi connectivity index (χ0) is 29.6. The average molecular weight is 616 g/mol. The molecular weight excluding hydrogens is 580 g/mol. The molecule has 3 aromatic carbocycles. The van der Waals surface area contributed by atoms with Crippen molar-refractivity contribution in [3.05, 3.63) is 129 Å². The van der Waals surface area contributed by atoms with Gasteiger partial charge in [0.15, 0.2) is 0 Å². The van der Waals surface area contributed by atoms with Crippen molar-refractivity contribution in [2.45, 2.75) is 47.5 Å². The Kier molecular flexibility index (Phi) is 9.19. The van der Waals surface area contributed by atoms with E-state index >= 15 is 0 Å². The highest BCUT2D eigenvalue weighted by molar-refractivity contribution is 9.10. The van der Waals surface area contributed by atoms with E-state index in [9.17, 15) is 0 Å². The Morgan fingerprint density at radius 1 is 0.571 bits per heavy atom. The van der Waals surface area contributed by atoms with Gasteiger partial charge in [-0.1, -0.05) is 34.1 Å². The van der Waals surface area contributed by atoms with Crippen molar-refractivity contribution < 1.29 is 0 Å². The topological polar surface area (TPSA) is 50.5 Å². The van der Waals surface area contributed by atoms with Crippen molar-refractivity contribution in [2.75, 3.05) is 0 Å². The first-order chi connectivity index (χ1) is 20.3. The van der Waals surface area contributed by atoms with Crippen molar-refractivity contribution >= 4 is 39.7 Å². The van der Waals surface area contributed by atoms with Crippen LogP contribution in [0.4, 0.5) is 11.4 Å². The van der Waals surface area contributed by atoms with Crippen molar-refractivity contribution in [3.63, 3.8) is 0 Å². The zero-order valence-electron chi connectivity index (χ0n) is 24.8. The molecule has 0 aliphatic heterocycles. The fourth-order valence-corrected chi connectivity index (χ4v) is 6.00. The summed E-state index contributed by atoms with van der Waals surface area (Å²) < 4.78 is 1.07. The molecule has 2 heterocycles. The highest BCUT2D eigenvalue weighted by Gasteiger charge is 2.18. The number of pyridine rings is 2. The van der Waals surface area contributed by atoms with Gasteiger partial charge in [-0.2, -0.15) is 0 Å². The fraction of sp³-hybridized carbons (Fsp3) is 0.189. The van der Waals surface area contributed by atoms with Gasteiger partial charge in [-0.3, -0.25) is 20.0 Å². The maximum atomic E-state index is 4.84. The molecule has 0 saturated carbocycles. The first-order valence-electron chi connectivity index (χ1n) is 14.2. The monoisotopic (exact) mass is 614 g/mol. The van der Waals surface area contributed by atoms with Gasteiger partial charge in [-0.25, -0.2) is 0 Å². The smallest absolute Gasteiger partial charge is 0.0684 e. The summed E-state index contributed by atoms with van der Waals surface area (Å²) in [6, 6.07) is 25.3. The predicted molar refractivity (Wildman–Crippen MR) is 181 cm³/mol. The van der Waals surface area contributed by atoms with Crippen molar-refractivity contribution in [1.82, 2.24) is 9.97 Å². The molecule has 0 atom stereocenters. The van der Waals surface area contributed by atoms with E-state index in [0.29, 0.717) is 12.8 Å². The maximum Gasteiger partial charge on any atom is 0.0684 e. The van der Waals surface area contributed by atoms with Crippen molar-refractivity contribution in [3.8, 4) is 22.3 Å². The van der Waals surface area contributed by atoms with Crippen LogP contribution in [0.3, 0.4) is 0 Å². The summed E-state index contributed by atoms with van der Waals surface area (Å²) in [5, 5.41) is 0. The van der Waals surface area contributed by atoms with E-state index in [-0.39, 0.29) is 0 Å². The van der Waals surface area contributed by atoms with Gasteiger partial charge >= 0.3 is 0 Å². The average Bonchev–Trinajstić information content (AvgIpc) is 2.98. The number of nitrogens with zero attached hydrogens (tertiary/aromatic N) is 4. The lowest BCUT2D eigenvalue weighted by molar-refractivity contribution is 1.15. The lowest BCUT2D eigenvalue weighted by atomic mass is 9.88. The van der Waals surface area contributed by atoms with Gasteiger partial charge in [0, 0.05) is 59.1 Å². The van der Waals surface area contributed by atoms with Crippen LogP contribution in [0.5, 0.6) is 0 Å². The van der Waals surface area contributed by atoms with E-state index < -0.39 is 0 Å². The molecule has 0 aliphatic rings. The molecule has 0 amide bonds. The Labute approximate surface area is 257 Å². The highest BCUT2D eigenvalue weighted by atomic mass is 79.9. The molecule has 0 aliphatic carbocycles. The summed E-state index contributed by atoms with van der Waals surface area (Å²) in [6.07, 6.45) is 8.96. The first kappa shape index (κ1) is 29.3. The Hall–Kier alpha value is -4.22. The summed E-state index contributed by atoms with van der Waals surface area (Å²) in [6.45, 7) is 10.7. The second-order valence-electron chi connectivity index (χ2n) is 10.7. The standard InChI is InChI=1S/C37H35BrN4/c1-24-12-13-33(38)35(30-22-27(4)37(28(5)23-30)42-19-15-32-11-7-9-17-40-32)34(24)29-20-25(2)36(26(3)21-29)41-18-14-31-10-6-8-16-39-31/h6-13,16-23H,14-15H2,1-5H3. The number of rotatable bonds is 8. The molecule has 4 nitrogen and oxygen atoms in total. The van der Waals surface area contributed by atoms with Crippen LogP contribution in [0.25, 0.3) is 22.3 Å². The van der Waals surface area contributed by atoms with E-state index in [0.717, 1.165) is 49.5 Å². The molecule has 0 unspecified atom stereocenters. The van der Waals surface area contributed by atoms with Crippen molar-refractivity contribution in [2.24, 2.45) is 9.98 Å². The summed E-state index contributed by atoms with van der Waals surface area (Å²) in [4.78, 5) is 18.5. The number of aryl methyl sites for hydroxylation is 5. The molecule has 0 bridgehead atoms. The highest BCUT2D eigenvalue weighted by Crippen LogP contribution is 2.43. The maximum absolute atomic E-state index is 4.84. The lowest BCUT2D eigenvalue weighted by Gasteiger charge is -2.19. The molecule has 0 radical (unpaired) electrons. The third kappa shape index (κ3) is 6.63. The van der Waals surface area contributed by atoms with E-state index in [1.165, 1.54) is 27.8 Å². The number of halogens is 1. The second kappa shape index (κ2) is 13.2. The Balaban J connectivity index is 1.49. The largest absolute Gasteiger partial charge is 0.261 e. The SMILES string of the molecule is Cc1cc(-c2c(C)ccc(Br)c2-c2cc(C)c(N=CCc3ccccn3)c(C)c2)cc(C)c1N=CCc1ccccn1. The van der Waals surface area contributed by atoms with Crippen LogP contribution in [-0.4, -0.2) is 22.4 Å². The first-order valence-corrected chi connectivity index (χ1v) is 15.0. The summed E-state index contributed by atoms with van der Waals surface area (Å²) >= 11 is 3.89. The van der Waals surface area contributed by atoms with Gasteiger partial charge in [0.05, 0.1) is 11.4 Å². The lowest BCUT2D eigenvalue weighted by Crippen LogP contribution is -1.95. The van der Waals surface area contributed by atoms with Gasteiger partial charge in [0.25, 0.3) is 0 Å². The molecule has 5 heteroatoms. The molecule has 210 valence electrons. The van der Waals surface area contributed by atoms with Gasteiger partial charge in [-0.15, -0.1) is 0 Å². The fourth-order valence-electron chi connectivity index (χ4n) is 5.44. The normalized spacial score (nSPS) is 11.6. The number of aromatic nitrogens is 2. The zero-order valence-corrected chi connectivity index (χ0v) is 26.4.